The predicted molar refractivity (Wildman–Crippen MR) is 147 cm³/mol. The molecule has 2 aliphatic rings. The van der Waals surface area contributed by atoms with Crippen LogP contribution in [0.5, 0.6) is 11.5 Å². The number of halogens is 2. The number of allylic oxidation sites excluding steroid dienone is 1. The molecule has 3 unspecified atom stereocenters. The van der Waals surface area contributed by atoms with Gasteiger partial charge in [-0.3, -0.25) is 9.28 Å². The molecule has 2 heterocycles. The lowest BCUT2D eigenvalue weighted by Crippen LogP contribution is -2.55. The van der Waals surface area contributed by atoms with Crippen molar-refractivity contribution in [2.75, 3.05) is 21.3 Å². The third kappa shape index (κ3) is 6.06. The number of carboxylic acids is 2. The highest BCUT2D eigenvalue weighted by Crippen LogP contribution is 2.46. The van der Waals surface area contributed by atoms with Gasteiger partial charge in [0.25, 0.3) is 0 Å². The molecule has 198 valence electrons. The molecule has 2 aliphatic heterocycles. The molecule has 0 aromatic heterocycles. The third-order valence-corrected chi connectivity index (χ3v) is 8.01. The van der Waals surface area contributed by atoms with Gasteiger partial charge in [0.05, 0.1) is 46.0 Å². The van der Waals surface area contributed by atoms with E-state index in [4.69, 9.17) is 14.6 Å². The maximum atomic E-state index is 11.6. The first-order valence-electron chi connectivity index (χ1n) is 11.9. The van der Waals surface area contributed by atoms with Crippen molar-refractivity contribution in [2.24, 2.45) is 11.8 Å². The van der Waals surface area contributed by atoms with Gasteiger partial charge in [-0.25, -0.2) is 0 Å². The lowest BCUT2D eigenvalue weighted by atomic mass is 9.78. The molecule has 0 amide bonds. The SMILES string of the molecule is Br.Br.COc1ccc2cc(CC=C[N+]3(C)[C@@H]4CC[C@H]3CC(C(CC(=O)O)C(=O)[O-])C4)cc(OC)c2c1. The van der Waals surface area contributed by atoms with Gasteiger partial charge in [-0.15, -0.1) is 34.0 Å². The Kier molecular flexibility index (Phi) is 10.4. The number of hydrogen-bond acceptors (Lipinski definition) is 5. The summed E-state index contributed by atoms with van der Waals surface area (Å²) in [6.45, 7) is 0. The van der Waals surface area contributed by atoms with Gasteiger partial charge >= 0.3 is 5.97 Å². The molecule has 2 aromatic rings. The molecule has 2 aromatic carbocycles. The quantitative estimate of drug-likeness (QED) is 0.416. The zero-order valence-corrected chi connectivity index (χ0v) is 24.3. The second-order valence-corrected chi connectivity index (χ2v) is 9.84. The molecular weight excluding hydrogens is 594 g/mol. The van der Waals surface area contributed by atoms with Crippen molar-refractivity contribution in [3.63, 3.8) is 0 Å². The van der Waals surface area contributed by atoms with Gasteiger partial charge in [0.15, 0.2) is 0 Å². The Morgan fingerprint density at radius 2 is 1.78 bits per heavy atom. The van der Waals surface area contributed by atoms with Crippen LogP contribution >= 0.6 is 34.0 Å². The monoisotopic (exact) mass is 627 g/mol. The molecule has 36 heavy (non-hydrogen) atoms. The number of benzene rings is 2. The van der Waals surface area contributed by atoms with Crippen molar-refractivity contribution in [3.8, 4) is 11.5 Å². The van der Waals surface area contributed by atoms with Gasteiger partial charge in [0.2, 0.25) is 0 Å². The molecule has 2 saturated heterocycles. The van der Waals surface area contributed by atoms with E-state index in [1.807, 2.05) is 18.2 Å². The van der Waals surface area contributed by atoms with Gasteiger partial charge in [0, 0.05) is 43.0 Å². The summed E-state index contributed by atoms with van der Waals surface area (Å²) in [6.07, 6.45) is 8.35. The molecule has 2 bridgehead atoms. The second-order valence-electron chi connectivity index (χ2n) is 9.84. The summed E-state index contributed by atoms with van der Waals surface area (Å²) < 4.78 is 11.8. The summed E-state index contributed by atoms with van der Waals surface area (Å²) in [4.78, 5) is 22.8. The minimum absolute atomic E-state index is 0. The summed E-state index contributed by atoms with van der Waals surface area (Å²) in [5.41, 5.74) is 1.15. The molecule has 4 rings (SSSR count). The maximum absolute atomic E-state index is 11.6. The molecule has 0 saturated carbocycles. The van der Waals surface area contributed by atoms with E-state index in [0.717, 1.165) is 64.4 Å². The zero-order chi connectivity index (χ0) is 24.5. The molecule has 0 spiro atoms. The maximum Gasteiger partial charge on any atom is 0.304 e. The second kappa shape index (κ2) is 12.4. The summed E-state index contributed by atoms with van der Waals surface area (Å²) in [7, 11) is 5.54. The van der Waals surface area contributed by atoms with Gasteiger partial charge in [-0.05, 0) is 47.6 Å². The minimum Gasteiger partial charge on any atom is -0.550 e. The van der Waals surface area contributed by atoms with Crippen molar-refractivity contribution in [3.05, 3.63) is 48.2 Å². The van der Waals surface area contributed by atoms with Gasteiger partial charge < -0.3 is 24.5 Å². The van der Waals surface area contributed by atoms with Crippen LogP contribution in [0.25, 0.3) is 10.8 Å². The van der Waals surface area contributed by atoms with E-state index in [1.165, 1.54) is 0 Å². The van der Waals surface area contributed by atoms with Gasteiger partial charge in [-0.2, -0.15) is 0 Å². The fourth-order valence-electron chi connectivity index (χ4n) is 6.12. The minimum atomic E-state index is -1.23. The van der Waals surface area contributed by atoms with Gasteiger partial charge in [-0.1, -0.05) is 12.1 Å². The molecule has 7 nitrogen and oxygen atoms in total. The van der Waals surface area contributed by atoms with E-state index < -0.39 is 17.9 Å². The van der Waals surface area contributed by atoms with Crippen LogP contribution in [0, 0.1) is 11.8 Å². The van der Waals surface area contributed by atoms with Crippen LogP contribution in [0.15, 0.2) is 42.6 Å². The highest BCUT2D eigenvalue weighted by Gasteiger charge is 2.52. The highest BCUT2D eigenvalue weighted by atomic mass is 79.9. The summed E-state index contributed by atoms with van der Waals surface area (Å²) in [5, 5.41) is 22.9. The van der Waals surface area contributed by atoms with Crippen molar-refractivity contribution in [2.45, 2.75) is 50.6 Å². The van der Waals surface area contributed by atoms with Crippen LogP contribution in [0.4, 0.5) is 0 Å². The van der Waals surface area contributed by atoms with Crippen LogP contribution in [0.3, 0.4) is 0 Å². The van der Waals surface area contributed by atoms with E-state index in [9.17, 15) is 14.7 Å². The van der Waals surface area contributed by atoms with Crippen molar-refractivity contribution in [1.82, 2.24) is 0 Å². The molecule has 9 heteroatoms. The van der Waals surface area contributed by atoms with Crippen molar-refractivity contribution in [1.29, 1.82) is 0 Å². The van der Waals surface area contributed by atoms with Crippen LogP contribution < -0.4 is 14.6 Å². The number of quaternary nitrogens is 1. The number of piperidine rings is 1. The number of fused-ring (bicyclic) bond motifs is 3. The smallest absolute Gasteiger partial charge is 0.304 e. The fourth-order valence-corrected chi connectivity index (χ4v) is 6.12. The average molecular weight is 629 g/mol. The number of carbonyl (C=O) groups is 2. The fraction of sp³-hybridized carbons (Fsp3) is 0.481. The number of rotatable bonds is 9. The number of ether oxygens (including phenoxy) is 2. The largest absolute Gasteiger partial charge is 0.550 e. The average Bonchev–Trinajstić information content (AvgIpc) is 2.97. The Labute approximate surface area is 233 Å². The number of aliphatic carboxylic acids is 2. The number of carbonyl (C=O) groups excluding carboxylic acids is 1. The highest BCUT2D eigenvalue weighted by molar-refractivity contribution is 8.93. The third-order valence-electron chi connectivity index (χ3n) is 8.01. The molecule has 0 aliphatic carbocycles. The summed E-state index contributed by atoms with van der Waals surface area (Å²) in [5.74, 6) is -1.76. The summed E-state index contributed by atoms with van der Waals surface area (Å²) in [6, 6.07) is 10.8. The lowest BCUT2D eigenvalue weighted by molar-refractivity contribution is -0.903. The van der Waals surface area contributed by atoms with Crippen molar-refractivity contribution < 1.29 is 33.8 Å². The number of carboxylic acid groups (broad SMARTS) is 2. The normalized spacial score (nSPS) is 25.6. The van der Waals surface area contributed by atoms with Crippen LogP contribution in [-0.2, 0) is 16.0 Å². The predicted octanol–water partition coefficient (Wildman–Crippen LogP) is 4.30. The Morgan fingerprint density at radius 1 is 1.11 bits per heavy atom. The van der Waals surface area contributed by atoms with E-state index in [-0.39, 0.29) is 46.3 Å². The van der Waals surface area contributed by atoms with Gasteiger partial charge in [0.1, 0.15) is 11.5 Å². The topological polar surface area (TPSA) is 95.9 Å². The molecular formula is C27H35Br2NO6. The molecule has 1 N–H and O–H groups in total. The Hall–Kier alpha value is -2.10. The Balaban J connectivity index is 0.00000228. The van der Waals surface area contributed by atoms with Crippen molar-refractivity contribution >= 4 is 56.7 Å². The summed E-state index contributed by atoms with van der Waals surface area (Å²) >= 11 is 0. The number of methoxy groups -OCH3 is 2. The number of nitrogens with zero attached hydrogens (tertiary/aromatic N) is 1. The van der Waals surface area contributed by atoms with E-state index >= 15 is 0 Å². The van der Waals surface area contributed by atoms with Crippen LogP contribution in [0.2, 0.25) is 0 Å². The molecule has 0 radical (unpaired) electrons. The first-order chi connectivity index (χ1) is 16.2. The Bertz CT molecular complexity index is 1110. The first-order valence-corrected chi connectivity index (χ1v) is 11.9. The first kappa shape index (κ1) is 30.1. The molecule has 2 fully saturated rings. The van der Waals surface area contributed by atoms with Crippen LogP contribution in [-0.4, -0.2) is 54.9 Å². The van der Waals surface area contributed by atoms with E-state index in [2.05, 4.69) is 31.5 Å². The van der Waals surface area contributed by atoms with E-state index in [1.54, 1.807) is 14.2 Å². The number of hydrogen-bond donors (Lipinski definition) is 1. The van der Waals surface area contributed by atoms with Crippen LogP contribution in [0.1, 0.15) is 37.7 Å². The zero-order valence-electron chi connectivity index (χ0n) is 20.8. The molecule has 5 atom stereocenters. The van der Waals surface area contributed by atoms with E-state index in [0.29, 0.717) is 12.1 Å². The standard InChI is InChI=1S/C27H33NO6.2BrH/c1-28(20-7-8-21(28)14-19(13-20)24(27(31)32)16-26(29)30)10-4-5-17-11-18-6-9-22(33-2)15-23(18)25(12-17)34-3;;/h4,6,9-12,15,19-21,24H,5,7-8,13-14,16H2,1-3H3,(H-,29,30,31,32);2*1H/t19?,20-,21+,24?,28?;;. The Morgan fingerprint density at radius 3 is 2.33 bits per heavy atom. The lowest BCUT2D eigenvalue weighted by Gasteiger charge is -2.46.